The summed E-state index contributed by atoms with van der Waals surface area (Å²) >= 11 is 0. The van der Waals surface area contributed by atoms with E-state index in [1.807, 2.05) is 0 Å². The summed E-state index contributed by atoms with van der Waals surface area (Å²) in [7, 11) is 1.65. The van der Waals surface area contributed by atoms with Crippen molar-refractivity contribution in [1.82, 2.24) is 5.32 Å². The molecule has 1 atom stereocenters. The third-order valence-electron chi connectivity index (χ3n) is 0.875. The molecule has 0 aromatic rings. The fourth-order valence-electron chi connectivity index (χ4n) is 0.424. The molecule has 3 heteroatoms. The van der Waals surface area contributed by atoms with Crippen LogP contribution >= 0.6 is 0 Å². The molecule has 50 valence electrons. The third kappa shape index (κ3) is 2.93. The predicted molar refractivity (Wildman–Crippen MR) is 30.5 cm³/mol. The molecule has 0 rings (SSSR count). The van der Waals surface area contributed by atoms with E-state index in [2.05, 4.69) is 5.32 Å². The summed E-state index contributed by atoms with van der Waals surface area (Å²) in [6, 6.07) is 0. The summed E-state index contributed by atoms with van der Waals surface area (Å²) in [4.78, 5) is 0. The highest BCUT2D eigenvalue weighted by Crippen LogP contribution is 2.04. The van der Waals surface area contributed by atoms with Gasteiger partial charge in [-0.05, 0) is 14.0 Å². The highest BCUT2D eigenvalue weighted by molar-refractivity contribution is 4.72. The van der Waals surface area contributed by atoms with Crippen molar-refractivity contribution in [3.8, 4) is 0 Å². The SMILES string of the molecule is CNCC(C)(F)CO. The van der Waals surface area contributed by atoms with Crippen LogP contribution in [-0.4, -0.2) is 31.0 Å². The van der Waals surface area contributed by atoms with Crippen molar-refractivity contribution in [2.24, 2.45) is 0 Å². The second kappa shape index (κ2) is 2.99. The van der Waals surface area contributed by atoms with E-state index in [4.69, 9.17) is 5.11 Å². The second-order valence-corrected chi connectivity index (χ2v) is 2.10. The maximum Gasteiger partial charge on any atom is 0.143 e. The summed E-state index contributed by atoms with van der Waals surface area (Å²) < 4.78 is 12.5. The van der Waals surface area contributed by atoms with Gasteiger partial charge in [0.2, 0.25) is 0 Å². The molecule has 0 fully saturated rings. The molecule has 0 spiro atoms. The molecule has 0 aromatic heterocycles. The smallest absolute Gasteiger partial charge is 0.143 e. The largest absolute Gasteiger partial charge is 0.393 e. The van der Waals surface area contributed by atoms with Gasteiger partial charge in [-0.25, -0.2) is 4.39 Å². The Morgan fingerprint density at radius 1 is 1.75 bits per heavy atom. The van der Waals surface area contributed by atoms with Gasteiger partial charge in [-0.1, -0.05) is 0 Å². The Morgan fingerprint density at radius 2 is 2.25 bits per heavy atom. The van der Waals surface area contributed by atoms with Crippen LogP contribution in [0.3, 0.4) is 0 Å². The van der Waals surface area contributed by atoms with Gasteiger partial charge >= 0.3 is 0 Å². The maximum absolute atomic E-state index is 12.5. The molecule has 0 aliphatic carbocycles. The number of aliphatic hydroxyl groups is 1. The third-order valence-corrected chi connectivity index (χ3v) is 0.875. The van der Waals surface area contributed by atoms with Crippen LogP contribution in [0.25, 0.3) is 0 Å². The predicted octanol–water partition coefficient (Wildman–Crippen LogP) is -0.0737. The zero-order valence-electron chi connectivity index (χ0n) is 5.24. The van der Waals surface area contributed by atoms with E-state index < -0.39 is 12.3 Å². The molecule has 0 saturated carbocycles. The molecule has 2 N–H and O–H groups in total. The molecule has 0 amide bonds. The van der Waals surface area contributed by atoms with Crippen molar-refractivity contribution in [2.45, 2.75) is 12.6 Å². The van der Waals surface area contributed by atoms with E-state index in [9.17, 15) is 4.39 Å². The second-order valence-electron chi connectivity index (χ2n) is 2.10. The van der Waals surface area contributed by atoms with Crippen LogP contribution < -0.4 is 5.32 Å². The molecule has 0 aromatic carbocycles. The number of nitrogens with one attached hydrogen (secondary N) is 1. The van der Waals surface area contributed by atoms with E-state index >= 15 is 0 Å². The topological polar surface area (TPSA) is 32.3 Å². The summed E-state index contributed by atoms with van der Waals surface area (Å²) in [5, 5.41) is 10.9. The Morgan fingerprint density at radius 3 is 2.38 bits per heavy atom. The minimum atomic E-state index is -1.46. The summed E-state index contributed by atoms with van der Waals surface area (Å²) in [6.07, 6.45) is 0. The zero-order chi connectivity index (χ0) is 6.62. The fraction of sp³-hybridized carbons (Fsp3) is 1.00. The van der Waals surface area contributed by atoms with Crippen LogP contribution in [0.2, 0.25) is 0 Å². The van der Waals surface area contributed by atoms with Crippen LogP contribution in [-0.2, 0) is 0 Å². The van der Waals surface area contributed by atoms with Gasteiger partial charge in [-0.3, -0.25) is 0 Å². The number of rotatable bonds is 3. The molecule has 0 saturated heterocycles. The molecule has 8 heavy (non-hydrogen) atoms. The Labute approximate surface area is 48.7 Å². The number of hydrogen-bond donors (Lipinski definition) is 2. The maximum atomic E-state index is 12.5. The van der Waals surface area contributed by atoms with Gasteiger partial charge in [0.25, 0.3) is 0 Å². The molecule has 0 aliphatic heterocycles. The lowest BCUT2D eigenvalue weighted by Gasteiger charge is -2.15. The fourth-order valence-corrected chi connectivity index (χ4v) is 0.424. The summed E-state index contributed by atoms with van der Waals surface area (Å²) in [6.45, 7) is 1.13. The average Bonchev–Trinajstić information content (AvgIpc) is 1.67. The van der Waals surface area contributed by atoms with Gasteiger partial charge in [0.05, 0.1) is 6.61 Å². The van der Waals surface area contributed by atoms with Gasteiger partial charge in [-0.2, -0.15) is 0 Å². The molecular weight excluding hydrogens is 109 g/mol. The van der Waals surface area contributed by atoms with E-state index in [1.165, 1.54) is 6.92 Å². The number of hydrogen-bond acceptors (Lipinski definition) is 2. The van der Waals surface area contributed by atoms with Crippen molar-refractivity contribution >= 4 is 0 Å². The van der Waals surface area contributed by atoms with Crippen molar-refractivity contribution in [1.29, 1.82) is 0 Å². The number of aliphatic hydroxyl groups excluding tert-OH is 1. The van der Waals surface area contributed by atoms with Gasteiger partial charge in [0, 0.05) is 6.54 Å². The molecule has 2 nitrogen and oxygen atoms in total. The van der Waals surface area contributed by atoms with Gasteiger partial charge in [0.15, 0.2) is 0 Å². The van der Waals surface area contributed by atoms with Gasteiger partial charge in [0.1, 0.15) is 5.67 Å². The molecule has 0 aliphatic rings. The molecule has 1 unspecified atom stereocenters. The summed E-state index contributed by atoms with van der Waals surface area (Å²) in [5.74, 6) is 0. The minimum Gasteiger partial charge on any atom is -0.393 e. The lowest BCUT2D eigenvalue weighted by atomic mass is 10.1. The first-order valence-electron chi connectivity index (χ1n) is 2.57. The lowest BCUT2D eigenvalue weighted by Crippen LogP contribution is -2.35. The standard InChI is InChI=1S/C5H12FNO/c1-5(6,4-8)3-7-2/h7-8H,3-4H2,1-2H3. The quantitative estimate of drug-likeness (QED) is 0.547. The van der Waals surface area contributed by atoms with E-state index in [-0.39, 0.29) is 6.54 Å². The monoisotopic (exact) mass is 121 g/mol. The molecule has 0 heterocycles. The van der Waals surface area contributed by atoms with E-state index in [0.29, 0.717) is 0 Å². The Hall–Kier alpha value is -0.150. The molecule has 0 radical (unpaired) electrons. The van der Waals surface area contributed by atoms with Crippen LogP contribution in [0.1, 0.15) is 6.92 Å². The van der Waals surface area contributed by atoms with Crippen molar-refractivity contribution < 1.29 is 9.50 Å². The average molecular weight is 121 g/mol. The van der Waals surface area contributed by atoms with Crippen LogP contribution in [0, 0.1) is 0 Å². The zero-order valence-corrected chi connectivity index (χ0v) is 5.24. The first-order chi connectivity index (χ1) is 3.62. The minimum absolute atomic E-state index is 0.198. The van der Waals surface area contributed by atoms with Crippen LogP contribution in [0.4, 0.5) is 4.39 Å². The normalized spacial score (nSPS) is 18.0. The van der Waals surface area contributed by atoms with E-state index in [0.717, 1.165) is 0 Å². The van der Waals surface area contributed by atoms with Gasteiger partial charge in [-0.15, -0.1) is 0 Å². The molecule has 0 bridgehead atoms. The first kappa shape index (κ1) is 7.85. The Bertz CT molecular complexity index is 65.4. The van der Waals surface area contributed by atoms with Crippen molar-refractivity contribution in [3.63, 3.8) is 0 Å². The number of halogens is 1. The van der Waals surface area contributed by atoms with Gasteiger partial charge < -0.3 is 10.4 Å². The van der Waals surface area contributed by atoms with E-state index in [1.54, 1.807) is 7.05 Å². The first-order valence-corrected chi connectivity index (χ1v) is 2.57. The summed E-state index contributed by atoms with van der Waals surface area (Å²) in [5.41, 5.74) is -1.46. The molecular formula is C5H12FNO. The van der Waals surface area contributed by atoms with Crippen molar-refractivity contribution in [3.05, 3.63) is 0 Å². The highest BCUT2D eigenvalue weighted by Gasteiger charge is 2.19. The van der Waals surface area contributed by atoms with Crippen LogP contribution in [0.15, 0.2) is 0 Å². The highest BCUT2D eigenvalue weighted by atomic mass is 19.1. The lowest BCUT2D eigenvalue weighted by molar-refractivity contribution is 0.0893. The number of alkyl halides is 1. The Kier molecular flexibility index (Phi) is 2.94. The van der Waals surface area contributed by atoms with Crippen molar-refractivity contribution in [2.75, 3.05) is 20.2 Å². The van der Waals surface area contributed by atoms with Crippen LogP contribution in [0.5, 0.6) is 0 Å². The Balaban J connectivity index is 3.37.